The SMILES string of the molecule is Nc1cnc(NCc2ccc(F)cc2)nc1Nc1cc(C2CC2)[nH]n1. The van der Waals surface area contributed by atoms with Gasteiger partial charge < -0.3 is 16.4 Å². The van der Waals surface area contributed by atoms with E-state index in [4.69, 9.17) is 5.73 Å². The average molecular weight is 339 g/mol. The Balaban J connectivity index is 1.44. The summed E-state index contributed by atoms with van der Waals surface area (Å²) in [5, 5.41) is 13.5. The van der Waals surface area contributed by atoms with Crippen LogP contribution in [0.2, 0.25) is 0 Å². The summed E-state index contributed by atoms with van der Waals surface area (Å²) in [5.74, 6) is 1.93. The minimum Gasteiger partial charge on any atom is -0.394 e. The Morgan fingerprint density at radius 2 is 2.04 bits per heavy atom. The van der Waals surface area contributed by atoms with E-state index in [9.17, 15) is 4.39 Å². The third kappa shape index (κ3) is 3.68. The Labute approximate surface area is 143 Å². The number of anilines is 4. The fraction of sp³-hybridized carbons (Fsp3) is 0.235. The zero-order valence-electron chi connectivity index (χ0n) is 13.5. The smallest absolute Gasteiger partial charge is 0.225 e. The molecule has 3 aromatic rings. The molecule has 0 amide bonds. The van der Waals surface area contributed by atoms with Crippen LogP contribution in [-0.2, 0) is 6.54 Å². The summed E-state index contributed by atoms with van der Waals surface area (Å²) in [5.41, 5.74) is 8.44. The van der Waals surface area contributed by atoms with Crippen molar-refractivity contribution in [1.29, 1.82) is 0 Å². The van der Waals surface area contributed by atoms with E-state index >= 15 is 0 Å². The van der Waals surface area contributed by atoms with Gasteiger partial charge >= 0.3 is 0 Å². The first-order valence-electron chi connectivity index (χ1n) is 8.10. The molecule has 1 fully saturated rings. The van der Waals surface area contributed by atoms with Crippen LogP contribution < -0.4 is 16.4 Å². The highest BCUT2D eigenvalue weighted by Gasteiger charge is 2.25. The van der Waals surface area contributed by atoms with Crippen molar-refractivity contribution >= 4 is 23.3 Å². The van der Waals surface area contributed by atoms with Gasteiger partial charge in [0.25, 0.3) is 0 Å². The summed E-state index contributed by atoms with van der Waals surface area (Å²) in [6.07, 6.45) is 3.94. The van der Waals surface area contributed by atoms with Crippen LogP contribution in [-0.4, -0.2) is 20.2 Å². The van der Waals surface area contributed by atoms with Gasteiger partial charge in [-0.2, -0.15) is 10.1 Å². The average Bonchev–Trinajstić information content (AvgIpc) is 3.37. The fourth-order valence-electron chi connectivity index (χ4n) is 2.49. The summed E-state index contributed by atoms with van der Waals surface area (Å²) >= 11 is 0. The Kier molecular flexibility index (Phi) is 3.93. The first-order chi connectivity index (χ1) is 12.2. The lowest BCUT2D eigenvalue weighted by molar-refractivity contribution is 0.627. The molecule has 1 aromatic carbocycles. The molecule has 0 saturated heterocycles. The zero-order valence-corrected chi connectivity index (χ0v) is 13.5. The molecule has 128 valence electrons. The van der Waals surface area contributed by atoms with Gasteiger partial charge in [-0.15, -0.1) is 0 Å². The fourth-order valence-corrected chi connectivity index (χ4v) is 2.49. The zero-order chi connectivity index (χ0) is 17.2. The molecule has 1 saturated carbocycles. The molecule has 2 heterocycles. The molecule has 0 unspecified atom stereocenters. The molecule has 0 atom stereocenters. The van der Waals surface area contributed by atoms with Gasteiger partial charge in [-0.05, 0) is 30.5 Å². The number of nitrogens with zero attached hydrogens (tertiary/aromatic N) is 3. The molecule has 0 radical (unpaired) electrons. The van der Waals surface area contributed by atoms with Crippen LogP contribution in [0.4, 0.5) is 27.7 Å². The van der Waals surface area contributed by atoms with Gasteiger partial charge in [0, 0.05) is 24.2 Å². The van der Waals surface area contributed by atoms with E-state index in [-0.39, 0.29) is 5.82 Å². The molecular formula is C17H18FN7. The van der Waals surface area contributed by atoms with Crippen LogP contribution >= 0.6 is 0 Å². The molecule has 0 aliphatic heterocycles. The first kappa shape index (κ1) is 15.4. The van der Waals surface area contributed by atoms with Crippen LogP contribution in [0.3, 0.4) is 0 Å². The largest absolute Gasteiger partial charge is 0.394 e. The van der Waals surface area contributed by atoms with Gasteiger partial charge in [-0.3, -0.25) is 5.10 Å². The number of aromatic amines is 1. The highest BCUT2D eigenvalue weighted by atomic mass is 19.1. The number of rotatable bonds is 6. The predicted octanol–water partition coefficient (Wildman–Crippen LogP) is 3.15. The van der Waals surface area contributed by atoms with E-state index < -0.39 is 0 Å². The molecule has 1 aliphatic rings. The van der Waals surface area contributed by atoms with Crippen LogP contribution in [0.25, 0.3) is 0 Å². The van der Waals surface area contributed by atoms with E-state index in [1.165, 1.54) is 31.2 Å². The lowest BCUT2D eigenvalue weighted by Gasteiger charge is -2.09. The highest BCUT2D eigenvalue weighted by molar-refractivity contribution is 5.67. The van der Waals surface area contributed by atoms with Crippen LogP contribution in [0, 0.1) is 5.82 Å². The molecular weight excluding hydrogens is 321 g/mol. The second-order valence-corrected chi connectivity index (χ2v) is 6.09. The Morgan fingerprint density at radius 1 is 1.24 bits per heavy atom. The predicted molar refractivity (Wildman–Crippen MR) is 94.0 cm³/mol. The second kappa shape index (κ2) is 6.39. The molecule has 7 nitrogen and oxygen atoms in total. The maximum atomic E-state index is 12.9. The summed E-state index contributed by atoms with van der Waals surface area (Å²) < 4.78 is 12.9. The van der Waals surface area contributed by atoms with Crippen molar-refractivity contribution in [2.75, 3.05) is 16.4 Å². The standard InChI is InChI=1S/C17H18FN7/c18-12-5-1-10(2-6-12)8-20-17-21-9-13(19)16(23-17)22-15-7-14(24-25-15)11-3-4-11/h1-2,5-7,9,11H,3-4,8,19H2,(H3,20,21,22,23,24,25). The lowest BCUT2D eigenvalue weighted by Crippen LogP contribution is -2.07. The number of hydrogen-bond acceptors (Lipinski definition) is 6. The summed E-state index contributed by atoms with van der Waals surface area (Å²) in [7, 11) is 0. The molecule has 0 spiro atoms. The number of H-pyrrole nitrogens is 1. The van der Waals surface area contributed by atoms with Gasteiger partial charge in [0.05, 0.1) is 11.9 Å². The summed E-state index contributed by atoms with van der Waals surface area (Å²) in [6, 6.07) is 8.24. The van der Waals surface area contributed by atoms with Crippen molar-refractivity contribution in [3.63, 3.8) is 0 Å². The minimum absolute atomic E-state index is 0.261. The van der Waals surface area contributed by atoms with Crippen LogP contribution in [0.1, 0.15) is 30.0 Å². The van der Waals surface area contributed by atoms with E-state index in [0.29, 0.717) is 35.7 Å². The van der Waals surface area contributed by atoms with Gasteiger partial charge in [-0.25, -0.2) is 9.37 Å². The first-order valence-corrected chi connectivity index (χ1v) is 8.10. The minimum atomic E-state index is -0.261. The third-order valence-electron chi connectivity index (χ3n) is 4.04. The van der Waals surface area contributed by atoms with Crippen LogP contribution in [0.15, 0.2) is 36.5 Å². The van der Waals surface area contributed by atoms with Crippen molar-refractivity contribution in [2.24, 2.45) is 0 Å². The molecule has 1 aliphatic carbocycles. The summed E-state index contributed by atoms with van der Waals surface area (Å²) in [6.45, 7) is 0.484. The topological polar surface area (TPSA) is 105 Å². The van der Waals surface area contributed by atoms with E-state index in [1.54, 1.807) is 12.1 Å². The number of benzene rings is 1. The molecule has 0 bridgehead atoms. The van der Waals surface area contributed by atoms with E-state index in [2.05, 4.69) is 30.8 Å². The van der Waals surface area contributed by atoms with Gasteiger partial charge in [-0.1, -0.05) is 12.1 Å². The molecule has 5 N–H and O–H groups in total. The Bertz CT molecular complexity index is 871. The van der Waals surface area contributed by atoms with Crippen molar-refractivity contribution in [1.82, 2.24) is 20.2 Å². The molecule has 4 rings (SSSR count). The molecule has 25 heavy (non-hydrogen) atoms. The Hall–Kier alpha value is -3.16. The van der Waals surface area contributed by atoms with Gasteiger partial charge in [0.2, 0.25) is 5.95 Å². The maximum Gasteiger partial charge on any atom is 0.225 e. The highest BCUT2D eigenvalue weighted by Crippen LogP contribution is 2.39. The number of nitrogen functional groups attached to an aromatic ring is 1. The maximum absolute atomic E-state index is 12.9. The van der Waals surface area contributed by atoms with E-state index in [1.807, 2.05) is 6.07 Å². The monoisotopic (exact) mass is 339 g/mol. The number of nitrogens with two attached hydrogens (primary N) is 1. The Morgan fingerprint density at radius 3 is 2.80 bits per heavy atom. The number of hydrogen-bond donors (Lipinski definition) is 4. The van der Waals surface area contributed by atoms with Crippen molar-refractivity contribution in [2.45, 2.75) is 25.3 Å². The number of aromatic nitrogens is 4. The van der Waals surface area contributed by atoms with Crippen molar-refractivity contribution < 1.29 is 4.39 Å². The number of nitrogens with one attached hydrogen (secondary N) is 3. The second-order valence-electron chi connectivity index (χ2n) is 6.09. The number of halogens is 1. The lowest BCUT2D eigenvalue weighted by atomic mass is 10.2. The quantitative estimate of drug-likeness (QED) is 0.550. The van der Waals surface area contributed by atoms with Gasteiger partial charge in [0.1, 0.15) is 5.82 Å². The van der Waals surface area contributed by atoms with Gasteiger partial charge in [0.15, 0.2) is 11.6 Å². The third-order valence-corrected chi connectivity index (χ3v) is 4.04. The van der Waals surface area contributed by atoms with Crippen LogP contribution in [0.5, 0.6) is 0 Å². The van der Waals surface area contributed by atoms with Crippen molar-refractivity contribution in [3.8, 4) is 0 Å². The molecule has 8 heteroatoms. The van der Waals surface area contributed by atoms with E-state index in [0.717, 1.165) is 11.3 Å². The molecule has 2 aromatic heterocycles. The van der Waals surface area contributed by atoms with Crippen molar-refractivity contribution in [3.05, 3.63) is 53.6 Å². The normalized spacial score (nSPS) is 13.6. The summed E-state index contributed by atoms with van der Waals surface area (Å²) in [4.78, 5) is 8.55.